The van der Waals surface area contributed by atoms with E-state index in [0.29, 0.717) is 17.6 Å². The third-order valence-corrected chi connectivity index (χ3v) is 6.80. The Morgan fingerprint density at radius 1 is 1.16 bits per heavy atom. The summed E-state index contributed by atoms with van der Waals surface area (Å²) in [7, 11) is -2.94. The van der Waals surface area contributed by atoms with Crippen LogP contribution >= 0.6 is 0 Å². The predicted octanol–water partition coefficient (Wildman–Crippen LogP) is 3.00. The molecule has 1 rings (SSSR count). The molecule has 0 saturated heterocycles. The first-order valence-electron chi connectivity index (χ1n) is 7.87. The third kappa shape index (κ3) is 4.75. The normalized spacial score (nSPS) is 28.8. The van der Waals surface area contributed by atoms with Gasteiger partial charge >= 0.3 is 0 Å². The minimum atomic E-state index is -2.94. The van der Waals surface area contributed by atoms with Gasteiger partial charge in [-0.15, -0.1) is 0 Å². The van der Waals surface area contributed by atoms with Gasteiger partial charge in [-0.3, -0.25) is 0 Å². The quantitative estimate of drug-likeness (QED) is 0.783. The Kier molecular flexibility index (Phi) is 6.81. The maximum Gasteiger partial charge on any atom is 0.154 e. The van der Waals surface area contributed by atoms with Crippen molar-refractivity contribution in [2.24, 2.45) is 11.8 Å². The summed E-state index contributed by atoms with van der Waals surface area (Å²) in [5, 5.41) is 3.30. The fourth-order valence-electron chi connectivity index (χ4n) is 3.16. The molecule has 0 aromatic carbocycles. The van der Waals surface area contributed by atoms with E-state index in [2.05, 4.69) is 26.1 Å². The Hall–Kier alpha value is -0.0900. The molecule has 3 nitrogen and oxygen atoms in total. The van der Waals surface area contributed by atoms with E-state index in [1.807, 2.05) is 6.92 Å². The van der Waals surface area contributed by atoms with Crippen LogP contribution in [-0.2, 0) is 9.84 Å². The molecule has 1 N–H and O–H groups in total. The van der Waals surface area contributed by atoms with Crippen molar-refractivity contribution in [2.75, 3.05) is 12.3 Å². The lowest BCUT2D eigenvalue weighted by Gasteiger charge is -2.38. The van der Waals surface area contributed by atoms with Crippen LogP contribution in [0.2, 0.25) is 0 Å². The molecule has 0 aliphatic heterocycles. The maximum absolute atomic E-state index is 12.5. The summed E-state index contributed by atoms with van der Waals surface area (Å²) in [6.07, 6.45) is 4.81. The van der Waals surface area contributed by atoms with Gasteiger partial charge in [0.2, 0.25) is 0 Å². The molecule has 1 fully saturated rings. The van der Waals surface area contributed by atoms with Crippen molar-refractivity contribution in [2.45, 2.75) is 71.1 Å². The molecule has 3 atom stereocenters. The van der Waals surface area contributed by atoms with Gasteiger partial charge < -0.3 is 5.32 Å². The van der Waals surface area contributed by atoms with Crippen molar-refractivity contribution in [3.63, 3.8) is 0 Å². The zero-order valence-electron chi connectivity index (χ0n) is 13.0. The van der Waals surface area contributed by atoms with Gasteiger partial charge in [0.15, 0.2) is 9.84 Å². The van der Waals surface area contributed by atoms with Gasteiger partial charge in [0, 0.05) is 6.04 Å². The molecule has 0 spiro atoms. The predicted molar refractivity (Wildman–Crippen MR) is 82.1 cm³/mol. The Balaban J connectivity index is 2.81. The van der Waals surface area contributed by atoms with Crippen LogP contribution in [0.4, 0.5) is 0 Å². The fourth-order valence-corrected chi connectivity index (χ4v) is 5.31. The minimum Gasteiger partial charge on any atom is -0.313 e. The van der Waals surface area contributed by atoms with Crippen molar-refractivity contribution in [1.29, 1.82) is 0 Å². The van der Waals surface area contributed by atoms with Crippen molar-refractivity contribution in [3.05, 3.63) is 0 Å². The smallest absolute Gasteiger partial charge is 0.154 e. The SMILES string of the molecule is CCCNC1CCC(C(C)C)CC1S(=O)(=O)CCC. The first-order chi connectivity index (χ1) is 8.92. The Labute approximate surface area is 119 Å². The lowest BCUT2D eigenvalue weighted by molar-refractivity contribution is 0.241. The lowest BCUT2D eigenvalue weighted by atomic mass is 9.79. The molecule has 0 bridgehead atoms. The number of hydrogen-bond donors (Lipinski definition) is 1. The van der Waals surface area contributed by atoms with E-state index in [4.69, 9.17) is 0 Å². The summed E-state index contributed by atoms with van der Waals surface area (Å²) in [6.45, 7) is 9.44. The number of nitrogens with one attached hydrogen (secondary N) is 1. The average molecular weight is 289 g/mol. The van der Waals surface area contributed by atoms with Crippen LogP contribution < -0.4 is 5.32 Å². The molecule has 1 aliphatic rings. The summed E-state index contributed by atoms with van der Waals surface area (Å²) in [4.78, 5) is 0. The van der Waals surface area contributed by atoms with Gasteiger partial charge in [0.25, 0.3) is 0 Å². The van der Waals surface area contributed by atoms with E-state index in [1.54, 1.807) is 0 Å². The van der Waals surface area contributed by atoms with Crippen molar-refractivity contribution in [1.82, 2.24) is 5.32 Å². The van der Waals surface area contributed by atoms with E-state index in [-0.39, 0.29) is 11.3 Å². The molecule has 1 saturated carbocycles. The molecule has 4 heteroatoms. The summed E-state index contributed by atoms with van der Waals surface area (Å²) < 4.78 is 25.0. The summed E-state index contributed by atoms with van der Waals surface area (Å²) in [5.41, 5.74) is 0. The van der Waals surface area contributed by atoms with Crippen LogP contribution in [0.3, 0.4) is 0 Å². The number of sulfone groups is 1. The van der Waals surface area contributed by atoms with Crippen molar-refractivity contribution in [3.8, 4) is 0 Å². The highest BCUT2D eigenvalue weighted by molar-refractivity contribution is 7.92. The average Bonchev–Trinajstić information content (AvgIpc) is 2.35. The van der Waals surface area contributed by atoms with Gasteiger partial charge in [-0.2, -0.15) is 0 Å². The second kappa shape index (κ2) is 7.63. The Bertz CT molecular complexity index is 351. The van der Waals surface area contributed by atoms with Crippen LogP contribution in [0.15, 0.2) is 0 Å². The molecule has 0 aromatic heterocycles. The van der Waals surface area contributed by atoms with E-state index < -0.39 is 9.84 Å². The fraction of sp³-hybridized carbons (Fsp3) is 1.00. The molecule has 0 aromatic rings. The molecule has 114 valence electrons. The van der Waals surface area contributed by atoms with Gasteiger partial charge in [-0.25, -0.2) is 8.42 Å². The molecular weight excluding hydrogens is 258 g/mol. The van der Waals surface area contributed by atoms with Crippen LogP contribution in [0.5, 0.6) is 0 Å². The zero-order chi connectivity index (χ0) is 14.5. The molecule has 0 radical (unpaired) electrons. The highest BCUT2D eigenvalue weighted by Gasteiger charge is 2.38. The highest BCUT2D eigenvalue weighted by atomic mass is 32.2. The Morgan fingerprint density at radius 2 is 1.84 bits per heavy atom. The first-order valence-corrected chi connectivity index (χ1v) is 9.58. The van der Waals surface area contributed by atoms with Gasteiger partial charge in [0.05, 0.1) is 11.0 Å². The zero-order valence-corrected chi connectivity index (χ0v) is 13.8. The van der Waals surface area contributed by atoms with E-state index in [0.717, 1.165) is 38.6 Å². The number of rotatable bonds is 7. The second-order valence-corrected chi connectivity index (χ2v) is 8.62. The van der Waals surface area contributed by atoms with Crippen LogP contribution in [0.1, 0.15) is 59.8 Å². The monoisotopic (exact) mass is 289 g/mol. The van der Waals surface area contributed by atoms with Crippen LogP contribution in [0, 0.1) is 11.8 Å². The molecule has 0 heterocycles. The molecule has 0 amide bonds. The minimum absolute atomic E-state index is 0.167. The molecule has 19 heavy (non-hydrogen) atoms. The molecule has 1 aliphatic carbocycles. The van der Waals surface area contributed by atoms with Gasteiger partial charge in [-0.05, 0) is 50.5 Å². The van der Waals surface area contributed by atoms with Crippen LogP contribution in [-0.4, -0.2) is 32.0 Å². The topological polar surface area (TPSA) is 46.2 Å². The standard InChI is InChI=1S/C15H31NO2S/c1-5-9-16-14-8-7-13(12(3)4)11-15(14)19(17,18)10-6-2/h12-16H,5-11H2,1-4H3. The van der Waals surface area contributed by atoms with Gasteiger partial charge in [0.1, 0.15) is 0 Å². The molecule has 3 unspecified atom stereocenters. The number of hydrogen-bond acceptors (Lipinski definition) is 3. The largest absolute Gasteiger partial charge is 0.313 e. The molecular formula is C15H31NO2S. The Morgan fingerprint density at radius 3 is 2.37 bits per heavy atom. The summed E-state index contributed by atoms with van der Waals surface area (Å²) >= 11 is 0. The van der Waals surface area contributed by atoms with Crippen LogP contribution in [0.25, 0.3) is 0 Å². The van der Waals surface area contributed by atoms with Crippen molar-refractivity contribution < 1.29 is 8.42 Å². The summed E-state index contributed by atoms with van der Waals surface area (Å²) in [5.74, 6) is 1.50. The van der Waals surface area contributed by atoms with E-state index in [1.165, 1.54) is 0 Å². The maximum atomic E-state index is 12.5. The highest BCUT2D eigenvalue weighted by Crippen LogP contribution is 2.34. The van der Waals surface area contributed by atoms with E-state index >= 15 is 0 Å². The third-order valence-electron chi connectivity index (χ3n) is 4.38. The summed E-state index contributed by atoms with van der Waals surface area (Å²) in [6, 6.07) is 0.173. The van der Waals surface area contributed by atoms with E-state index in [9.17, 15) is 8.42 Å². The van der Waals surface area contributed by atoms with Crippen molar-refractivity contribution >= 4 is 9.84 Å². The lowest BCUT2D eigenvalue weighted by Crippen LogP contribution is -2.49. The van der Waals surface area contributed by atoms with Gasteiger partial charge in [-0.1, -0.05) is 27.7 Å². The first kappa shape index (κ1) is 17.0. The second-order valence-electron chi connectivity index (χ2n) is 6.28.